The van der Waals surface area contributed by atoms with Gasteiger partial charge in [0.05, 0.1) is 18.8 Å². The molecule has 0 radical (unpaired) electrons. The number of ether oxygens (including phenoxy) is 1. The van der Waals surface area contributed by atoms with Crippen molar-refractivity contribution < 1.29 is 9.53 Å². The van der Waals surface area contributed by atoms with Gasteiger partial charge >= 0.3 is 0 Å². The molecular formula is C15H17N3O2S. The summed E-state index contributed by atoms with van der Waals surface area (Å²) in [5.74, 6) is 0.949. The minimum absolute atomic E-state index is 0.0897. The number of benzene rings is 1. The van der Waals surface area contributed by atoms with Crippen molar-refractivity contribution in [2.45, 2.75) is 0 Å². The number of methoxy groups -OCH3 is 1. The van der Waals surface area contributed by atoms with Crippen LogP contribution in [0.2, 0.25) is 0 Å². The zero-order chi connectivity index (χ0) is 14.7. The first-order chi connectivity index (χ1) is 10.3. The maximum absolute atomic E-state index is 12.2. The van der Waals surface area contributed by atoms with Gasteiger partial charge in [0.25, 0.3) is 5.91 Å². The number of hydrogen-bond acceptors (Lipinski definition) is 5. The number of amides is 1. The van der Waals surface area contributed by atoms with E-state index in [1.165, 1.54) is 17.0 Å². The van der Waals surface area contributed by atoms with Crippen LogP contribution >= 0.6 is 11.3 Å². The average molecular weight is 303 g/mol. The summed E-state index contributed by atoms with van der Waals surface area (Å²) in [7, 11) is 1.67. The first-order valence-electron chi connectivity index (χ1n) is 6.84. The molecule has 1 aromatic heterocycles. The van der Waals surface area contributed by atoms with E-state index in [-0.39, 0.29) is 5.91 Å². The molecule has 1 aliphatic heterocycles. The van der Waals surface area contributed by atoms with Crippen molar-refractivity contribution in [1.29, 1.82) is 0 Å². The molecule has 1 amide bonds. The van der Waals surface area contributed by atoms with Crippen LogP contribution in [0.15, 0.2) is 36.0 Å². The third kappa shape index (κ3) is 3.00. The second-order valence-corrected chi connectivity index (χ2v) is 5.73. The SMILES string of the molecule is COc1ccc(N2CCN(C(=O)c3cncs3)CC2)cc1. The summed E-state index contributed by atoms with van der Waals surface area (Å²) < 4.78 is 5.17. The number of hydrogen-bond donors (Lipinski definition) is 0. The molecule has 1 fully saturated rings. The number of anilines is 1. The molecule has 0 unspecified atom stereocenters. The summed E-state index contributed by atoms with van der Waals surface area (Å²) in [6.45, 7) is 3.17. The normalized spacial score (nSPS) is 15.1. The van der Waals surface area contributed by atoms with E-state index >= 15 is 0 Å². The minimum atomic E-state index is 0.0897. The largest absolute Gasteiger partial charge is 0.497 e. The van der Waals surface area contributed by atoms with Crippen LogP contribution < -0.4 is 9.64 Å². The first kappa shape index (κ1) is 13.9. The summed E-state index contributed by atoms with van der Waals surface area (Å²) in [4.78, 5) is 21.1. The fourth-order valence-corrected chi connectivity index (χ4v) is 3.02. The van der Waals surface area contributed by atoms with Gasteiger partial charge in [0.15, 0.2) is 0 Å². The van der Waals surface area contributed by atoms with Crippen LogP contribution in [0.5, 0.6) is 5.75 Å². The molecule has 0 aliphatic carbocycles. The molecule has 6 heteroatoms. The Morgan fingerprint density at radius 2 is 1.90 bits per heavy atom. The Bertz CT molecular complexity index is 590. The van der Waals surface area contributed by atoms with Crippen LogP contribution in [0, 0.1) is 0 Å². The highest BCUT2D eigenvalue weighted by Crippen LogP contribution is 2.21. The topological polar surface area (TPSA) is 45.7 Å². The molecule has 1 saturated heterocycles. The Morgan fingerprint density at radius 3 is 2.48 bits per heavy atom. The summed E-state index contributed by atoms with van der Waals surface area (Å²) in [5.41, 5.74) is 2.86. The smallest absolute Gasteiger partial charge is 0.265 e. The average Bonchev–Trinajstić information content (AvgIpc) is 3.09. The van der Waals surface area contributed by atoms with Gasteiger partial charge in [-0.1, -0.05) is 0 Å². The zero-order valence-electron chi connectivity index (χ0n) is 11.9. The zero-order valence-corrected chi connectivity index (χ0v) is 12.7. The number of thiazole rings is 1. The predicted molar refractivity (Wildman–Crippen MR) is 83.2 cm³/mol. The molecule has 5 nitrogen and oxygen atoms in total. The molecule has 2 heterocycles. The number of carbonyl (C=O) groups excluding carboxylic acids is 1. The van der Waals surface area contributed by atoms with Crippen molar-refractivity contribution in [3.63, 3.8) is 0 Å². The summed E-state index contributed by atoms with van der Waals surface area (Å²) >= 11 is 1.40. The lowest BCUT2D eigenvalue weighted by Gasteiger charge is -2.35. The molecular weight excluding hydrogens is 286 g/mol. The van der Waals surface area contributed by atoms with Crippen LogP contribution in [0.25, 0.3) is 0 Å². The molecule has 1 aromatic carbocycles. The van der Waals surface area contributed by atoms with E-state index in [0.717, 1.165) is 31.9 Å². The molecule has 2 aromatic rings. The third-order valence-corrected chi connectivity index (χ3v) is 4.41. The highest BCUT2D eigenvalue weighted by atomic mass is 32.1. The van der Waals surface area contributed by atoms with E-state index in [1.807, 2.05) is 17.0 Å². The van der Waals surface area contributed by atoms with E-state index in [0.29, 0.717) is 4.88 Å². The van der Waals surface area contributed by atoms with Crippen molar-refractivity contribution in [3.05, 3.63) is 40.8 Å². The molecule has 3 rings (SSSR count). The van der Waals surface area contributed by atoms with Crippen LogP contribution in [-0.2, 0) is 0 Å². The number of nitrogens with zero attached hydrogens (tertiary/aromatic N) is 3. The molecule has 21 heavy (non-hydrogen) atoms. The lowest BCUT2D eigenvalue weighted by atomic mass is 10.2. The first-order valence-corrected chi connectivity index (χ1v) is 7.72. The van der Waals surface area contributed by atoms with Gasteiger partial charge in [0, 0.05) is 31.9 Å². The monoisotopic (exact) mass is 303 g/mol. The fraction of sp³-hybridized carbons (Fsp3) is 0.333. The fourth-order valence-electron chi connectivity index (χ4n) is 2.44. The number of aromatic nitrogens is 1. The van der Waals surface area contributed by atoms with Crippen molar-refractivity contribution in [2.24, 2.45) is 0 Å². The molecule has 0 atom stereocenters. The van der Waals surface area contributed by atoms with E-state index in [2.05, 4.69) is 22.0 Å². The van der Waals surface area contributed by atoms with Gasteiger partial charge in [0.1, 0.15) is 10.6 Å². The van der Waals surface area contributed by atoms with Gasteiger partial charge in [-0.2, -0.15) is 0 Å². The van der Waals surface area contributed by atoms with Crippen molar-refractivity contribution in [3.8, 4) is 5.75 Å². The summed E-state index contributed by atoms with van der Waals surface area (Å²) in [5, 5.41) is 0. The summed E-state index contributed by atoms with van der Waals surface area (Å²) in [6, 6.07) is 8.04. The van der Waals surface area contributed by atoms with E-state index in [4.69, 9.17) is 4.74 Å². The molecule has 110 valence electrons. The Hall–Kier alpha value is -2.08. The maximum Gasteiger partial charge on any atom is 0.265 e. The Balaban J connectivity index is 1.60. The van der Waals surface area contributed by atoms with Crippen LogP contribution in [0.1, 0.15) is 9.67 Å². The highest BCUT2D eigenvalue weighted by molar-refractivity contribution is 7.11. The maximum atomic E-state index is 12.2. The van der Waals surface area contributed by atoms with Gasteiger partial charge < -0.3 is 14.5 Å². The minimum Gasteiger partial charge on any atom is -0.497 e. The Kier molecular flexibility index (Phi) is 4.06. The number of carbonyl (C=O) groups is 1. The van der Waals surface area contributed by atoms with E-state index in [9.17, 15) is 4.79 Å². The van der Waals surface area contributed by atoms with E-state index in [1.54, 1.807) is 18.8 Å². The van der Waals surface area contributed by atoms with Crippen LogP contribution in [-0.4, -0.2) is 49.1 Å². The van der Waals surface area contributed by atoms with Crippen molar-refractivity contribution in [1.82, 2.24) is 9.88 Å². The van der Waals surface area contributed by atoms with Crippen molar-refractivity contribution >= 4 is 22.9 Å². The molecule has 0 N–H and O–H groups in total. The van der Waals surface area contributed by atoms with Crippen LogP contribution in [0.3, 0.4) is 0 Å². The van der Waals surface area contributed by atoms with Gasteiger partial charge in [-0.05, 0) is 24.3 Å². The number of rotatable bonds is 3. The number of piperazine rings is 1. The molecule has 0 bridgehead atoms. The second-order valence-electron chi connectivity index (χ2n) is 4.84. The third-order valence-electron chi connectivity index (χ3n) is 3.65. The molecule has 0 saturated carbocycles. The second kappa shape index (κ2) is 6.13. The lowest BCUT2D eigenvalue weighted by Crippen LogP contribution is -2.48. The Labute approximate surface area is 127 Å². The van der Waals surface area contributed by atoms with Crippen molar-refractivity contribution in [2.75, 3.05) is 38.2 Å². The van der Waals surface area contributed by atoms with Gasteiger partial charge in [0.2, 0.25) is 0 Å². The van der Waals surface area contributed by atoms with Gasteiger partial charge in [-0.3, -0.25) is 9.78 Å². The standard InChI is InChI=1S/C15H17N3O2S/c1-20-13-4-2-12(3-5-13)17-6-8-18(9-7-17)15(19)14-10-16-11-21-14/h2-5,10-11H,6-9H2,1H3. The highest BCUT2D eigenvalue weighted by Gasteiger charge is 2.23. The van der Waals surface area contributed by atoms with E-state index < -0.39 is 0 Å². The molecule has 1 aliphatic rings. The lowest BCUT2D eigenvalue weighted by molar-refractivity contribution is 0.0751. The van der Waals surface area contributed by atoms with Gasteiger partial charge in [-0.15, -0.1) is 11.3 Å². The molecule has 0 spiro atoms. The summed E-state index contributed by atoms with van der Waals surface area (Å²) in [6.07, 6.45) is 1.64. The Morgan fingerprint density at radius 1 is 1.19 bits per heavy atom. The predicted octanol–water partition coefficient (Wildman–Crippen LogP) is 2.11. The van der Waals surface area contributed by atoms with Gasteiger partial charge in [-0.25, -0.2) is 0 Å². The van der Waals surface area contributed by atoms with Crippen LogP contribution in [0.4, 0.5) is 5.69 Å². The quantitative estimate of drug-likeness (QED) is 0.871.